The number of anilines is 5. The number of methoxy groups -OCH3 is 1. The highest BCUT2D eigenvalue weighted by Gasteiger charge is 2.40. The zero-order valence-corrected chi connectivity index (χ0v) is 27.3. The summed E-state index contributed by atoms with van der Waals surface area (Å²) in [7, 11) is 5.10. The second-order valence-corrected chi connectivity index (χ2v) is 13.0. The molecular formula is C32H38F3N7O5. The van der Waals surface area contributed by atoms with Crippen LogP contribution in [0.1, 0.15) is 50.0 Å². The Morgan fingerprint density at radius 3 is 2.53 bits per heavy atom. The van der Waals surface area contributed by atoms with Gasteiger partial charge in [0.05, 0.1) is 23.8 Å². The van der Waals surface area contributed by atoms with Crippen molar-refractivity contribution in [2.75, 3.05) is 56.0 Å². The van der Waals surface area contributed by atoms with Crippen LogP contribution in [-0.4, -0.2) is 84.9 Å². The van der Waals surface area contributed by atoms with Crippen molar-refractivity contribution >= 4 is 40.5 Å². The Kier molecular flexibility index (Phi) is 9.22. The summed E-state index contributed by atoms with van der Waals surface area (Å²) < 4.78 is 54.4. The molecule has 12 nitrogen and oxygen atoms in total. The number of esters is 1. The van der Waals surface area contributed by atoms with Crippen LogP contribution >= 0.6 is 0 Å². The van der Waals surface area contributed by atoms with Crippen LogP contribution in [0, 0.1) is 21.7 Å². The molecule has 47 heavy (non-hydrogen) atoms. The molecule has 5 rings (SSSR count). The Balaban J connectivity index is 1.59. The molecule has 0 unspecified atom stereocenters. The van der Waals surface area contributed by atoms with Crippen molar-refractivity contribution in [2.45, 2.75) is 57.8 Å². The maximum absolute atomic E-state index is 14.6. The fourth-order valence-electron chi connectivity index (χ4n) is 6.19. The molecule has 2 aliphatic rings. The average Bonchev–Trinajstić information content (AvgIpc) is 3.47. The number of hydrogen-bond acceptors (Lipinski definition) is 11. The Morgan fingerprint density at radius 1 is 1.19 bits per heavy atom. The second-order valence-electron chi connectivity index (χ2n) is 13.0. The van der Waals surface area contributed by atoms with E-state index in [2.05, 4.69) is 15.3 Å². The lowest BCUT2D eigenvalue weighted by Gasteiger charge is -2.29. The number of hydrogen-bond donors (Lipinski definition) is 1. The first kappa shape index (κ1) is 33.7. The fraction of sp³-hybridized carbons (Fsp3) is 0.469. The number of carbonyl (C=O) groups excluding carboxylic acids is 1. The summed E-state index contributed by atoms with van der Waals surface area (Å²) in [5, 5.41) is 15.3. The first-order valence-corrected chi connectivity index (χ1v) is 15.1. The van der Waals surface area contributed by atoms with E-state index in [1.54, 1.807) is 23.6 Å². The molecule has 15 heteroatoms. The Bertz CT molecular complexity index is 1700. The number of halogens is 3. The summed E-state index contributed by atoms with van der Waals surface area (Å²) in [6.45, 7) is 7.78. The van der Waals surface area contributed by atoms with Gasteiger partial charge in [-0.25, -0.2) is 22.9 Å². The summed E-state index contributed by atoms with van der Waals surface area (Å²) in [6.07, 6.45) is -0.146. The van der Waals surface area contributed by atoms with E-state index in [0.29, 0.717) is 17.8 Å². The van der Waals surface area contributed by atoms with Crippen LogP contribution in [0.3, 0.4) is 0 Å². The van der Waals surface area contributed by atoms with Gasteiger partial charge in [0, 0.05) is 67.6 Å². The van der Waals surface area contributed by atoms with E-state index < -0.39 is 40.2 Å². The predicted octanol–water partition coefficient (Wildman–Crippen LogP) is 5.89. The van der Waals surface area contributed by atoms with Crippen LogP contribution in [0.15, 0.2) is 30.5 Å². The number of carbonyl (C=O) groups is 1. The van der Waals surface area contributed by atoms with E-state index >= 15 is 0 Å². The first-order chi connectivity index (χ1) is 22.1. The lowest BCUT2D eigenvalue weighted by Crippen LogP contribution is -2.37. The van der Waals surface area contributed by atoms with Gasteiger partial charge in [0.1, 0.15) is 23.2 Å². The molecule has 1 N–H and O–H groups in total. The number of likely N-dealkylation sites (N-methyl/N-ethyl adjacent to an activating group) is 1. The van der Waals surface area contributed by atoms with Crippen molar-refractivity contribution in [1.82, 2.24) is 14.9 Å². The van der Waals surface area contributed by atoms with Crippen molar-refractivity contribution in [3.05, 3.63) is 63.3 Å². The third-order valence-electron chi connectivity index (χ3n) is 8.19. The molecule has 3 heterocycles. The quantitative estimate of drug-likeness (QED) is 0.159. The molecular weight excluding hydrogens is 619 g/mol. The lowest BCUT2D eigenvalue weighted by atomic mass is 9.87. The van der Waals surface area contributed by atoms with Crippen LogP contribution in [0.5, 0.6) is 5.75 Å². The summed E-state index contributed by atoms with van der Waals surface area (Å²) >= 11 is 0. The van der Waals surface area contributed by atoms with Crippen LogP contribution in [0.2, 0.25) is 0 Å². The van der Waals surface area contributed by atoms with E-state index in [9.17, 15) is 28.1 Å². The summed E-state index contributed by atoms with van der Waals surface area (Å²) in [5.74, 6) is -2.58. The highest BCUT2D eigenvalue weighted by atomic mass is 19.2. The molecule has 252 valence electrons. The number of nitro groups is 1. The summed E-state index contributed by atoms with van der Waals surface area (Å²) in [4.78, 5) is 39.0. The van der Waals surface area contributed by atoms with Gasteiger partial charge < -0.3 is 29.5 Å². The van der Waals surface area contributed by atoms with Gasteiger partial charge in [-0.05, 0) is 39.6 Å². The van der Waals surface area contributed by atoms with Crippen LogP contribution in [-0.2, 0) is 10.2 Å². The summed E-state index contributed by atoms with van der Waals surface area (Å²) in [6, 6.07) is 4.64. The third kappa shape index (κ3) is 6.75. The first-order valence-electron chi connectivity index (χ1n) is 15.1. The van der Waals surface area contributed by atoms with E-state index in [1.165, 1.54) is 25.4 Å². The molecule has 0 saturated carbocycles. The van der Waals surface area contributed by atoms with Gasteiger partial charge in [0.2, 0.25) is 5.95 Å². The van der Waals surface area contributed by atoms with Gasteiger partial charge in [-0.3, -0.25) is 10.1 Å². The summed E-state index contributed by atoms with van der Waals surface area (Å²) in [5.41, 5.74) is 0.234. The Morgan fingerprint density at radius 2 is 1.89 bits per heavy atom. The highest BCUT2D eigenvalue weighted by molar-refractivity contribution is 5.96. The van der Waals surface area contributed by atoms with Crippen molar-refractivity contribution in [1.29, 1.82) is 0 Å². The standard InChI is InChI=1S/C32H38F3N7O5/c1-17(2)47-30(43)20-13-36-31(38-29(20)41-16-32(3,4)21-9-22(34)23(35)10-25(21)41)37-24-11-27(42(44)45)26(12-28(24)46-7)40-14-18(33)8-19(40)15-39(5)6/h9-13,17-19H,8,14-16H2,1-7H3,(H,36,37,38)/t18-,19+/m0/s1. The van der Waals surface area contributed by atoms with E-state index in [-0.39, 0.29) is 65.7 Å². The molecule has 0 spiro atoms. The molecule has 2 aromatic carbocycles. The topological polar surface area (TPSA) is 126 Å². The molecule has 1 saturated heterocycles. The van der Waals surface area contributed by atoms with Gasteiger partial charge in [0.15, 0.2) is 17.5 Å². The number of rotatable bonds is 10. The van der Waals surface area contributed by atoms with Gasteiger partial charge in [0.25, 0.3) is 5.69 Å². The van der Waals surface area contributed by atoms with Gasteiger partial charge >= 0.3 is 5.97 Å². The molecule has 1 fully saturated rings. The van der Waals surface area contributed by atoms with Crippen molar-refractivity contribution < 1.29 is 32.4 Å². The molecule has 0 bridgehead atoms. The molecule has 0 amide bonds. The SMILES string of the molecule is COc1cc(N2C[C@@H](F)C[C@@H]2CN(C)C)c([N+](=O)[O-])cc1Nc1ncc(C(=O)OC(C)C)c(N2CC(C)(C)c3cc(F)c(F)cc32)n1. The van der Waals surface area contributed by atoms with E-state index in [1.807, 2.05) is 32.8 Å². The number of aromatic nitrogens is 2. The molecule has 2 atom stereocenters. The van der Waals surface area contributed by atoms with Gasteiger partial charge in [-0.1, -0.05) is 13.8 Å². The molecule has 1 aromatic heterocycles. The minimum atomic E-state index is -1.15. The smallest absolute Gasteiger partial charge is 0.343 e. The third-order valence-corrected chi connectivity index (χ3v) is 8.19. The zero-order chi connectivity index (χ0) is 34.4. The highest BCUT2D eigenvalue weighted by Crippen LogP contribution is 2.46. The number of nitrogens with zero attached hydrogens (tertiary/aromatic N) is 6. The average molecular weight is 658 g/mol. The predicted molar refractivity (Wildman–Crippen MR) is 171 cm³/mol. The molecule has 0 aliphatic carbocycles. The lowest BCUT2D eigenvalue weighted by molar-refractivity contribution is -0.384. The minimum Gasteiger partial charge on any atom is -0.494 e. The Hall–Kier alpha value is -4.66. The van der Waals surface area contributed by atoms with Crippen molar-refractivity contribution in [3.8, 4) is 5.75 Å². The van der Waals surface area contributed by atoms with E-state index in [0.717, 1.165) is 12.1 Å². The van der Waals surface area contributed by atoms with Crippen LogP contribution < -0.4 is 19.9 Å². The molecule has 0 radical (unpaired) electrons. The molecule has 2 aliphatic heterocycles. The number of benzene rings is 2. The van der Waals surface area contributed by atoms with Gasteiger partial charge in [-0.2, -0.15) is 4.98 Å². The van der Waals surface area contributed by atoms with Gasteiger partial charge in [-0.15, -0.1) is 0 Å². The number of ether oxygens (including phenoxy) is 2. The maximum Gasteiger partial charge on any atom is 0.343 e. The zero-order valence-electron chi connectivity index (χ0n) is 27.3. The number of nitrogens with one attached hydrogen (secondary N) is 1. The minimum absolute atomic E-state index is 0.00611. The van der Waals surface area contributed by atoms with Crippen LogP contribution in [0.25, 0.3) is 0 Å². The van der Waals surface area contributed by atoms with E-state index in [4.69, 9.17) is 9.47 Å². The number of fused-ring (bicyclic) bond motifs is 1. The number of alkyl halides is 1. The largest absolute Gasteiger partial charge is 0.494 e. The number of nitro benzene ring substituents is 1. The Labute approximate surface area is 270 Å². The monoisotopic (exact) mass is 657 g/mol. The van der Waals surface area contributed by atoms with Crippen molar-refractivity contribution in [3.63, 3.8) is 0 Å². The van der Waals surface area contributed by atoms with Crippen LogP contribution in [0.4, 0.5) is 47.7 Å². The fourth-order valence-corrected chi connectivity index (χ4v) is 6.19. The normalized spacial score (nSPS) is 18.6. The molecule has 3 aromatic rings. The van der Waals surface area contributed by atoms with Crippen molar-refractivity contribution in [2.24, 2.45) is 0 Å². The maximum atomic E-state index is 14.6. The second kappa shape index (κ2) is 12.9.